The Hall–Kier alpha value is -0.760. The van der Waals surface area contributed by atoms with E-state index in [2.05, 4.69) is 6.92 Å². The van der Waals surface area contributed by atoms with Crippen molar-refractivity contribution in [2.75, 3.05) is 5.75 Å². The van der Waals surface area contributed by atoms with E-state index in [1.807, 2.05) is 24.3 Å². The van der Waals surface area contributed by atoms with Crippen LogP contribution in [0.1, 0.15) is 30.6 Å². The third kappa shape index (κ3) is 2.88. The Morgan fingerprint density at radius 3 is 2.69 bits per heavy atom. The van der Waals surface area contributed by atoms with Gasteiger partial charge in [0.2, 0.25) is 0 Å². The zero-order valence-electron chi connectivity index (χ0n) is 8.04. The summed E-state index contributed by atoms with van der Waals surface area (Å²) in [5.41, 5.74) is 0.848. The first kappa shape index (κ1) is 10.3. The maximum Gasteiger partial charge on any atom is 0.160 e. The number of ketones is 1. The molecule has 0 heterocycles. The van der Waals surface area contributed by atoms with E-state index in [1.54, 1.807) is 18.7 Å². The van der Waals surface area contributed by atoms with Crippen LogP contribution >= 0.6 is 11.8 Å². The number of carbonyl (C=O) groups is 1. The largest absolute Gasteiger partial charge is 0.294 e. The fraction of sp³-hybridized carbons (Fsp3) is 0.364. The lowest BCUT2D eigenvalue weighted by atomic mass is 10.1. The summed E-state index contributed by atoms with van der Waals surface area (Å²) in [5, 5.41) is 0. The molecule has 0 atom stereocenters. The fourth-order valence-corrected chi connectivity index (χ4v) is 2.06. The van der Waals surface area contributed by atoms with E-state index in [0.717, 1.165) is 22.6 Å². The number of hydrogen-bond donors (Lipinski definition) is 0. The molecule has 1 aromatic carbocycles. The molecular formula is C11H14OS. The van der Waals surface area contributed by atoms with Gasteiger partial charge in [-0.25, -0.2) is 0 Å². The zero-order chi connectivity index (χ0) is 9.68. The maximum absolute atomic E-state index is 11.2. The average molecular weight is 194 g/mol. The molecule has 0 amide bonds. The molecule has 0 aliphatic heterocycles. The predicted octanol–water partition coefficient (Wildman–Crippen LogP) is 3.39. The van der Waals surface area contributed by atoms with Gasteiger partial charge in [-0.1, -0.05) is 25.1 Å². The second-order valence-corrected chi connectivity index (χ2v) is 4.04. The molecular weight excluding hydrogens is 180 g/mol. The number of rotatable bonds is 4. The van der Waals surface area contributed by atoms with Crippen molar-refractivity contribution >= 4 is 17.5 Å². The van der Waals surface area contributed by atoms with Crippen LogP contribution in [0.2, 0.25) is 0 Å². The Balaban J connectivity index is 2.84. The van der Waals surface area contributed by atoms with Crippen molar-refractivity contribution < 1.29 is 4.79 Å². The van der Waals surface area contributed by atoms with Gasteiger partial charge >= 0.3 is 0 Å². The fourth-order valence-electron chi connectivity index (χ4n) is 1.10. The van der Waals surface area contributed by atoms with Crippen molar-refractivity contribution in [1.82, 2.24) is 0 Å². The van der Waals surface area contributed by atoms with Crippen LogP contribution in [-0.2, 0) is 0 Å². The van der Waals surface area contributed by atoms with Crippen molar-refractivity contribution in [2.24, 2.45) is 0 Å². The molecule has 1 nitrogen and oxygen atoms in total. The molecule has 0 saturated carbocycles. The van der Waals surface area contributed by atoms with Crippen molar-refractivity contribution in [2.45, 2.75) is 25.2 Å². The number of carbonyl (C=O) groups excluding carboxylic acids is 1. The van der Waals surface area contributed by atoms with Crippen molar-refractivity contribution in [3.63, 3.8) is 0 Å². The Labute approximate surface area is 83.5 Å². The lowest BCUT2D eigenvalue weighted by Gasteiger charge is -2.04. The van der Waals surface area contributed by atoms with Gasteiger partial charge in [-0.2, -0.15) is 0 Å². The molecule has 13 heavy (non-hydrogen) atoms. The summed E-state index contributed by atoms with van der Waals surface area (Å²) in [7, 11) is 0. The summed E-state index contributed by atoms with van der Waals surface area (Å²) in [6.07, 6.45) is 1.14. The molecule has 70 valence electrons. The average Bonchev–Trinajstić information content (AvgIpc) is 2.15. The number of hydrogen-bond acceptors (Lipinski definition) is 2. The van der Waals surface area contributed by atoms with Crippen LogP contribution in [0.15, 0.2) is 29.2 Å². The van der Waals surface area contributed by atoms with Crippen LogP contribution in [0.25, 0.3) is 0 Å². The second kappa shape index (κ2) is 5.07. The summed E-state index contributed by atoms with van der Waals surface area (Å²) >= 11 is 1.75. The van der Waals surface area contributed by atoms with Gasteiger partial charge in [0.25, 0.3) is 0 Å². The van der Waals surface area contributed by atoms with Gasteiger partial charge in [0, 0.05) is 10.5 Å². The summed E-state index contributed by atoms with van der Waals surface area (Å²) in [6.45, 7) is 3.76. The molecule has 0 radical (unpaired) electrons. The summed E-state index contributed by atoms with van der Waals surface area (Å²) in [5.74, 6) is 1.23. The number of benzene rings is 1. The molecule has 0 bridgehead atoms. The minimum absolute atomic E-state index is 0.152. The minimum Gasteiger partial charge on any atom is -0.294 e. The summed E-state index contributed by atoms with van der Waals surface area (Å²) in [6, 6.07) is 7.79. The smallest absolute Gasteiger partial charge is 0.160 e. The first-order valence-electron chi connectivity index (χ1n) is 4.48. The molecule has 0 aliphatic carbocycles. The Morgan fingerprint density at radius 2 is 2.08 bits per heavy atom. The van der Waals surface area contributed by atoms with E-state index in [-0.39, 0.29) is 5.78 Å². The van der Waals surface area contributed by atoms with Gasteiger partial charge in [0.1, 0.15) is 0 Å². The summed E-state index contributed by atoms with van der Waals surface area (Å²) < 4.78 is 0. The van der Waals surface area contributed by atoms with Crippen LogP contribution in [0.3, 0.4) is 0 Å². The maximum atomic E-state index is 11.2. The van der Waals surface area contributed by atoms with Gasteiger partial charge in [0.15, 0.2) is 5.78 Å². The van der Waals surface area contributed by atoms with E-state index in [0.29, 0.717) is 0 Å². The highest BCUT2D eigenvalue weighted by Crippen LogP contribution is 2.23. The van der Waals surface area contributed by atoms with E-state index in [4.69, 9.17) is 0 Å². The molecule has 0 aromatic heterocycles. The van der Waals surface area contributed by atoms with E-state index in [9.17, 15) is 4.79 Å². The van der Waals surface area contributed by atoms with Gasteiger partial charge in [0.05, 0.1) is 0 Å². The second-order valence-electron chi connectivity index (χ2n) is 2.90. The Kier molecular flexibility index (Phi) is 4.03. The van der Waals surface area contributed by atoms with Crippen molar-refractivity contribution in [3.05, 3.63) is 29.8 Å². The van der Waals surface area contributed by atoms with Crippen LogP contribution in [-0.4, -0.2) is 11.5 Å². The monoisotopic (exact) mass is 194 g/mol. The first-order valence-corrected chi connectivity index (χ1v) is 5.47. The lowest BCUT2D eigenvalue weighted by molar-refractivity contribution is 0.101. The van der Waals surface area contributed by atoms with Crippen molar-refractivity contribution in [1.29, 1.82) is 0 Å². The highest BCUT2D eigenvalue weighted by molar-refractivity contribution is 7.99. The molecule has 0 unspecified atom stereocenters. The van der Waals surface area contributed by atoms with Crippen LogP contribution in [0.5, 0.6) is 0 Å². The third-order valence-electron chi connectivity index (χ3n) is 1.73. The number of thioether (sulfide) groups is 1. The first-order chi connectivity index (χ1) is 6.25. The number of Topliss-reactive ketones (excluding diaryl/α,β-unsaturated/α-hetero) is 1. The normalized spacial score (nSPS) is 10.0. The molecule has 0 saturated heterocycles. The Morgan fingerprint density at radius 1 is 1.38 bits per heavy atom. The highest BCUT2D eigenvalue weighted by atomic mass is 32.2. The van der Waals surface area contributed by atoms with Gasteiger partial charge in [-0.05, 0) is 25.2 Å². The van der Waals surface area contributed by atoms with Crippen LogP contribution in [0.4, 0.5) is 0 Å². The van der Waals surface area contributed by atoms with Crippen LogP contribution in [0, 0.1) is 0 Å². The summed E-state index contributed by atoms with van der Waals surface area (Å²) in [4.78, 5) is 12.3. The minimum atomic E-state index is 0.152. The van der Waals surface area contributed by atoms with Gasteiger partial charge < -0.3 is 0 Å². The van der Waals surface area contributed by atoms with Gasteiger partial charge in [-0.15, -0.1) is 11.8 Å². The Bertz CT molecular complexity index is 294. The highest BCUT2D eigenvalue weighted by Gasteiger charge is 2.05. The lowest BCUT2D eigenvalue weighted by Crippen LogP contribution is -1.94. The quantitative estimate of drug-likeness (QED) is 0.540. The predicted molar refractivity (Wildman–Crippen MR) is 57.5 cm³/mol. The van der Waals surface area contributed by atoms with E-state index in [1.165, 1.54) is 0 Å². The van der Waals surface area contributed by atoms with Crippen LogP contribution < -0.4 is 0 Å². The topological polar surface area (TPSA) is 17.1 Å². The van der Waals surface area contributed by atoms with E-state index < -0.39 is 0 Å². The van der Waals surface area contributed by atoms with E-state index >= 15 is 0 Å². The molecule has 0 spiro atoms. The molecule has 0 N–H and O–H groups in total. The molecule has 0 aliphatic rings. The zero-order valence-corrected chi connectivity index (χ0v) is 8.86. The third-order valence-corrected chi connectivity index (χ3v) is 3.01. The molecule has 2 heteroatoms. The molecule has 0 fully saturated rings. The van der Waals surface area contributed by atoms with Crippen molar-refractivity contribution in [3.8, 4) is 0 Å². The standard InChI is InChI=1S/C11H14OS/c1-3-8-13-11-7-5-4-6-10(11)9(2)12/h4-7H,3,8H2,1-2H3. The SMILES string of the molecule is CCCSc1ccccc1C(C)=O. The molecule has 1 rings (SSSR count). The molecule has 1 aromatic rings. The van der Waals surface area contributed by atoms with Gasteiger partial charge in [-0.3, -0.25) is 4.79 Å².